The molecular formula is C12H13F3N4. The summed E-state index contributed by atoms with van der Waals surface area (Å²) in [6.07, 6.45) is -2.70. The molecule has 19 heavy (non-hydrogen) atoms. The summed E-state index contributed by atoms with van der Waals surface area (Å²) >= 11 is 0. The van der Waals surface area contributed by atoms with E-state index in [-0.39, 0.29) is 0 Å². The highest BCUT2D eigenvalue weighted by molar-refractivity contribution is 5.48. The van der Waals surface area contributed by atoms with E-state index in [0.717, 1.165) is 17.7 Å². The zero-order valence-corrected chi connectivity index (χ0v) is 10.2. The fraction of sp³-hybridized carbons (Fsp3) is 0.250. The Bertz CT molecular complexity index is 557. The number of nitrogens with two attached hydrogens (primary N) is 1. The van der Waals surface area contributed by atoms with Gasteiger partial charge < -0.3 is 11.1 Å². The minimum atomic E-state index is -4.31. The molecule has 1 heterocycles. The van der Waals surface area contributed by atoms with Crippen LogP contribution < -0.4 is 11.1 Å². The predicted molar refractivity (Wildman–Crippen MR) is 66.4 cm³/mol. The van der Waals surface area contributed by atoms with Gasteiger partial charge in [-0.15, -0.1) is 0 Å². The molecule has 0 saturated heterocycles. The fourth-order valence-electron chi connectivity index (χ4n) is 1.60. The minimum Gasteiger partial charge on any atom is -0.384 e. The summed E-state index contributed by atoms with van der Waals surface area (Å²) in [6, 6.07) is 4.84. The van der Waals surface area contributed by atoms with E-state index in [1.54, 1.807) is 13.2 Å². The first-order valence-electron chi connectivity index (χ1n) is 5.55. The van der Waals surface area contributed by atoms with Crippen molar-refractivity contribution in [3.8, 4) is 0 Å². The lowest BCUT2D eigenvalue weighted by molar-refractivity contribution is -0.137. The number of aryl methyl sites for hydroxylation is 1. The van der Waals surface area contributed by atoms with E-state index in [1.807, 2.05) is 0 Å². The van der Waals surface area contributed by atoms with Gasteiger partial charge in [0.2, 0.25) is 0 Å². The predicted octanol–water partition coefficient (Wildman–Crippen LogP) is 2.63. The Balaban J connectivity index is 2.03. The van der Waals surface area contributed by atoms with E-state index in [0.29, 0.717) is 18.1 Å². The number of hydrogen-bond acceptors (Lipinski definition) is 3. The van der Waals surface area contributed by atoms with Crippen LogP contribution in [0, 0.1) is 0 Å². The molecule has 0 amide bonds. The molecule has 102 valence electrons. The zero-order valence-electron chi connectivity index (χ0n) is 10.2. The van der Waals surface area contributed by atoms with Gasteiger partial charge in [-0.3, -0.25) is 4.68 Å². The number of nitrogen functional groups attached to an aromatic ring is 1. The zero-order chi connectivity index (χ0) is 14.0. The van der Waals surface area contributed by atoms with Gasteiger partial charge in [0.25, 0.3) is 0 Å². The third kappa shape index (κ3) is 2.98. The van der Waals surface area contributed by atoms with Crippen LogP contribution in [-0.2, 0) is 19.8 Å². The van der Waals surface area contributed by atoms with Crippen LogP contribution in [0.15, 0.2) is 30.5 Å². The smallest absolute Gasteiger partial charge is 0.384 e. The molecule has 0 aliphatic heterocycles. The quantitative estimate of drug-likeness (QED) is 0.901. The molecule has 0 saturated carbocycles. The van der Waals surface area contributed by atoms with Gasteiger partial charge in [-0.05, 0) is 24.3 Å². The molecular weight excluding hydrogens is 257 g/mol. The van der Waals surface area contributed by atoms with E-state index in [1.165, 1.54) is 16.8 Å². The Morgan fingerprint density at radius 3 is 2.37 bits per heavy atom. The number of halogens is 3. The number of nitrogens with one attached hydrogen (secondary N) is 1. The van der Waals surface area contributed by atoms with E-state index in [4.69, 9.17) is 5.73 Å². The van der Waals surface area contributed by atoms with Crippen molar-refractivity contribution < 1.29 is 13.2 Å². The second kappa shape index (κ2) is 4.83. The van der Waals surface area contributed by atoms with Crippen LogP contribution in [0.5, 0.6) is 0 Å². The van der Waals surface area contributed by atoms with Gasteiger partial charge in [0.05, 0.1) is 11.8 Å². The molecule has 4 nitrogen and oxygen atoms in total. The second-order valence-corrected chi connectivity index (χ2v) is 4.11. The summed E-state index contributed by atoms with van der Waals surface area (Å²) in [6.45, 7) is 0.408. The van der Waals surface area contributed by atoms with Crippen LogP contribution >= 0.6 is 0 Å². The van der Waals surface area contributed by atoms with Crippen molar-refractivity contribution in [2.45, 2.75) is 12.7 Å². The van der Waals surface area contributed by atoms with Crippen molar-refractivity contribution >= 4 is 11.5 Å². The number of hydrogen-bond donors (Lipinski definition) is 2. The van der Waals surface area contributed by atoms with Crippen LogP contribution in [0.3, 0.4) is 0 Å². The third-order valence-electron chi connectivity index (χ3n) is 2.76. The summed E-state index contributed by atoms with van der Waals surface area (Å²) in [5, 5.41) is 6.97. The highest BCUT2D eigenvalue weighted by Gasteiger charge is 2.29. The summed E-state index contributed by atoms with van der Waals surface area (Å²) in [7, 11) is 1.72. The lowest BCUT2D eigenvalue weighted by Crippen LogP contribution is -2.06. The monoisotopic (exact) mass is 270 g/mol. The molecule has 1 aromatic carbocycles. The number of rotatable bonds is 3. The van der Waals surface area contributed by atoms with Crippen molar-refractivity contribution in [3.05, 3.63) is 41.6 Å². The van der Waals surface area contributed by atoms with E-state index in [2.05, 4.69) is 10.4 Å². The molecule has 0 spiro atoms. The van der Waals surface area contributed by atoms with Crippen LogP contribution in [0.25, 0.3) is 0 Å². The molecule has 0 atom stereocenters. The molecule has 3 N–H and O–H groups in total. The maximum atomic E-state index is 12.4. The Labute approximate surface area is 108 Å². The van der Waals surface area contributed by atoms with Crippen LogP contribution in [0.2, 0.25) is 0 Å². The van der Waals surface area contributed by atoms with Gasteiger partial charge in [-0.2, -0.15) is 18.3 Å². The van der Waals surface area contributed by atoms with Gasteiger partial charge in [-0.25, -0.2) is 0 Å². The van der Waals surface area contributed by atoms with E-state index >= 15 is 0 Å². The standard InChI is InChI=1S/C12H13F3N4/c1-19-11(16)8(7-18-19)6-17-10-4-2-9(3-5-10)12(13,14)15/h2-5,7,17H,6,16H2,1H3. The number of anilines is 2. The first kappa shape index (κ1) is 13.3. The molecule has 0 aliphatic rings. The number of aromatic nitrogens is 2. The maximum absolute atomic E-state index is 12.4. The number of alkyl halides is 3. The first-order chi connectivity index (χ1) is 8.88. The molecule has 7 heteroatoms. The topological polar surface area (TPSA) is 55.9 Å². The lowest BCUT2D eigenvalue weighted by atomic mass is 10.2. The molecule has 0 aliphatic carbocycles. The van der Waals surface area contributed by atoms with Gasteiger partial charge >= 0.3 is 6.18 Å². The van der Waals surface area contributed by atoms with Crippen molar-refractivity contribution in [3.63, 3.8) is 0 Å². The van der Waals surface area contributed by atoms with Crippen LogP contribution in [0.4, 0.5) is 24.7 Å². The Morgan fingerprint density at radius 2 is 1.89 bits per heavy atom. The molecule has 1 aromatic heterocycles. The minimum absolute atomic E-state index is 0.408. The average molecular weight is 270 g/mol. The summed E-state index contributed by atoms with van der Waals surface area (Å²) in [5.74, 6) is 0.527. The van der Waals surface area contributed by atoms with Crippen molar-refractivity contribution in [2.75, 3.05) is 11.1 Å². The molecule has 0 fully saturated rings. The number of benzene rings is 1. The normalized spacial score (nSPS) is 11.6. The molecule has 2 rings (SSSR count). The average Bonchev–Trinajstić information content (AvgIpc) is 2.67. The molecule has 0 radical (unpaired) electrons. The second-order valence-electron chi connectivity index (χ2n) is 4.11. The summed E-state index contributed by atoms with van der Waals surface area (Å²) < 4.78 is 38.7. The maximum Gasteiger partial charge on any atom is 0.416 e. The third-order valence-corrected chi connectivity index (χ3v) is 2.76. The van der Waals surface area contributed by atoms with E-state index in [9.17, 15) is 13.2 Å². The molecule has 2 aromatic rings. The molecule has 0 unspecified atom stereocenters. The largest absolute Gasteiger partial charge is 0.416 e. The van der Waals surface area contributed by atoms with Gasteiger partial charge in [0.1, 0.15) is 5.82 Å². The van der Waals surface area contributed by atoms with Crippen LogP contribution in [-0.4, -0.2) is 9.78 Å². The SMILES string of the molecule is Cn1ncc(CNc2ccc(C(F)(F)F)cc2)c1N. The van der Waals surface area contributed by atoms with Gasteiger partial charge in [-0.1, -0.05) is 0 Å². The van der Waals surface area contributed by atoms with Gasteiger partial charge in [0.15, 0.2) is 0 Å². The van der Waals surface area contributed by atoms with Crippen molar-refractivity contribution in [1.82, 2.24) is 9.78 Å². The Hall–Kier alpha value is -2.18. The van der Waals surface area contributed by atoms with E-state index < -0.39 is 11.7 Å². The summed E-state index contributed by atoms with van der Waals surface area (Å²) in [4.78, 5) is 0. The first-order valence-corrected chi connectivity index (χ1v) is 5.55. The lowest BCUT2D eigenvalue weighted by Gasteiger charge is -2.09. The highest BCUT2D eigenvalue weighted by Crippen LogP contribution is 2.29. The number of nitrogens with zero attached hydrogens (tertiary/aromatic N) is 2. The summed E-state index contributed by atoms with van der Waals surface area (Å²) in [5.41, 5.74) is 6.48. The Kier molecular flexibility index (Phi) is 3.37. The van der Waals surface area contributed by atoms with Gasteiger partial charge in [0, 0.05) is 24.8 Å². The fourth-order valence-corrected chi connectivity index (χ4v) is 1.60. The van der Waals surface area contributed by atoms with Crippen molar-refractivity contribution in [2.24, 2.45) is 7.05 Å². The highest BCUT2D eigenvalue weighted by atomic mass is 19.4. The molecule has 0 bridgehead atoms. The van der Waals surface area contributed by atoms with Crippen LogP contribution in [0.1, 0.15) is 11.1 Å². The van der Waals surface area contributed by atoms with Crippen molar-refractivity contribution in [1.29, 1.82) is 0 Å². The Morgan fingerprint density at radius 1 is 1.26 bits per heavy atom.